The zero-order valence-corrected chi connectivity index (χ0v) is 14.5. The van der Waals surface area contributed by atoms with E-state index in [4.69, 9.17) is 0 Å². The average Bonchev–Trinajstić information content (AvgIpc) is 3.23. The summed E-state index contributed by atoms with van der Waals surface area (Å²) >= 11 is 1.56. The Kier molecular flexibility index (Phi) is 4.23. The minimum absolute atomic E-state index is 0.0297. The first-order valence-corrected chi connectivity index (χ1v) is 9.12. The maximum atomic E-state index is 12.5. The molecule has 128 valence electrons. The minimum Gasteiger partial charge on any atom is -0.339 e. The minimum atomic E-state index is 0.0297. The highest BCUT2D eigenvalue weighted by Crippen LogP contribution is 2.14. The number of fused-ring (bicyclic) bond motifs is 1. The van der Waals surface area contributed by atoms with Gasteiger partial charge in [0.05, 0.1) is 12.1 Å². The van der Waals surface area contributed by atoms with E-state index in [2.05, 4.69) is 4.98 Å². The van der Waals surface area contributed by atoms with Gasteiger partial charge >= 0.3 is 0 Å². The number of aromatic nitrogens is 2. The standard InChI is InChI=1S/C18H18N4O2S/c23-16(12-15-13-22-10-11-25-18(22)19-15)20-6-8-21(9-7-20)17(24)14-4-2-1-3-5-14/h1-5,10-11,13H,6-9,12H2. The molecule has 0 N–H and O–H groups in total. The fraction of sp³-hybridized carbons (Fsp3) is 0.278. The number of hydrogen-bond donors (Lipinski definition) is 0. The lowest BCUT2D eigenvalue weighted by Gasteiger charge is -2.34. The van der Waals surface area contributed by atoms with Crippen molar-refractivity contribution in [2.45, 2.75) is 6.42 Å². The van der Waals surface area contributed by atoms with E-state index < -0.39 is 0 Å². The molecule has 1 saturated heterocycles. The molecule has 25 heavy (non-hydrogen) atoms. The van der Waals surface area contributed by atoms with Crippen molar-refractivity contribution >= 4 is 28.1 Å². The molecule has 4 rings (SSSR count). The molecule has 1 aliphatic rings. The molecule has 0 spiro atoms. The van der Waals surface area contributed by atoms with Gasteiger partial charge in [0.1, 0.15) is 0 Å². The fourth-order valence-corrected chi connectivity index (χ4v) is 3.77. The lowest BCUT2D eigenvalue weighted by atomic mass is 10.2. The normalized spacial score (nSPS) is 14.9. The van der Waals surface area contributed by atoms with Gasteiger partial charge in [-0.2, -0.15) is 0 Å². The highest BCUT2D eigenvalue weighted by Gasteiger charge is 2.25. The Bertz CT molecular complexity index is 866. The SMILES string of the molecule is O=C(Cc1cn2ccsc2n1)N1CCN(C(=O)c2ccccc2)CC1. The number of benzene rings is 1. The van der Waals surface area contributed by atoms with Gasteiger partial charge in [-0.1, -0.05) is 18.2 Å². The molecule has 0 atom stereocenters. The summed E-state index contributed by atoms with van der Waals surface area (Å²) in [6, 6.07) is 9.27. The molecule has 2 amide bonds. The molecule has 6 nitrogen and oxygen atoms in total. The van der Waals surface area contributed by atoms with Crippen molar-refractivity contribution in [3.63, 3.8) is 0 Å². The van der Waals surface area contributed by atoms with Crippen molar-refractivity contribution in [3.8, 4) is 0 Å². The number of imidazole rings is 1. The first-order chi connectivity index (χ1) is 12.2. The summed E-state index contributed by atoms with van der Waals surface area (Å²) in [6.45, 7) is 2.27. The van der Waals surface area contributed by atoms with Crippen LogP contribution in [0.4, 0.5) is 0 Å². The summed E-state index contributed by atoms with van der Waals surface area (Å²) in [6.07, 6.45) is 4.15. The van der Waals surface area contributed by atoms with Crippen LogP contribution in [-0.2, 0) is 11.2 Å². The van der Waals surface area contributed by atoms with Crippen LogP contribution in [0.2, 0.25) is 0 Å². The van der Waals surface area contributed by atoms with E-state index in [1.54, 1.807) is 11.3 Å². The van der Waals surface area contributed by atoms with E-state index in [0.29, 0.717) is 38.2 Å². The second kappa shape index (κ2) is 6.68. The third kappa shape index (κ3) is 3.28. The molecule has 3 heterocycles. The van der Waals surface area contributed by atoms with Crippen LogP contribution in [0.3, 0.4) is 0 Å². The molecule has 0 radical (unpaired) electrons. The Hall–Kier alpha value is -2.67. The molecule has 0 aliphatic carbocycles. The molecule has 2 aromatic heterocycles. The van der Waals surface area contributed by atoms with Gasteiger partial charge in [-0.3, -0.25) is 14.0 Å². The van der Waals surface area contributed by atoms with Gasteiger partial charge in [-0.15, -0.1) is 11.3 Å². The largest absolute Gasteiger partial charge is 0.339 e. The molecule has 0 unspecified atom stereocenters. The fourth-order valence-electron chi connectivity index (χ4n) is 3.05. The summed E-state index contributed by atoms with van der Waals surface area (Å²) in [5, 5.41) is 1.97. The van der Waals surface area contributed by atoms with E-state index in [1.165, 1.54) is 0 Å². The third-order valence-electron chi connectivity index (χ3n) is 4.42. The summed E-state index contributed by atoms with van der Waals surface area (Å²) in [7, 11) is 0. The average molecular weight is 354 g/mol. The van der Waals surface area contributed by atoms with Gasteiger partial charge in [0, 0.05) is 49.5 Å². The molecule has 3 aromatic rings. The lowest BCUT2D eigenvalue weighted by Crippen LogP contribution is -2.51. The molecule has 1 fully saturated rings. The van der Waals surface area contributed by atoms with Crippen LogP contribution in [0, 0.1) is 0 Å². The predicted octanol–water partition coefficient (Wildman–Crippen LogP) is 1.92. The van der Waals surface area contributed by atoms with Crippen LogP contribution < -0.4 is 0 Å². The monoisotopic (exact) mass is 354 g/mol. The van der Waals surface area contributed by atoms with E-state index in [-0.39, 0.29) is 11.8 Å². The first kappa shape index (κ1) is 15.8. The lowest BCUT2D eigenvalue weighted by molar-refractivity contribution is -0.132. The Morgan fingerprint density at radius 1 is 1.04 bits per heavy atom. The zero-order chi connectivity index (χ0) is 17.2. The molecule has 7 heteroatoms. The Labute approximate surface area is 149 Å². The number of carbonyl (C=O) groups is 2. The van der Waals surface area contributed by atoms with Crippen molar-refractivity contribution < 1.29 is 9.59 Å². The maximum absolute atomic E-state index is 12.5. The van der Waals surface area contributed by atoms with Crippen molar-refractivity contribution in [1.29, 1.82) is 0 Å². The molecule has 1 aliphatic heterocycles. The quantitative estimate of drug-likeness (QED) is 0.722. The number of nitrogens with zero attached hydrogens (tertiary/aromatic N) is 4. The van der Waals surface area contributed by atoms with Gasteiger partial charge in [0.15, 0.2) is 4.96 Å². The van der Waals surface area contributed by atoms with Crippen molar-refractivity contribution in [1.82, 2.24) is 19.2 Å². The number of rotatable bonds is 3. The van der Waals surface area contributed by atoms with Gasteiger partial charge in [0.25, 0.3) is 5.91 Å². The summed E-state index contributed by atoms with van der Waals surface area (Å²) in [4.78, 5) is 33.9. The van der Waals surface area contributed by atoms with Crippen LogP contribution in [0.25, 0.3) is 4.96 Å². The second-order valence-corrected chi connectivity index (χ2v) is 6.91. The van der Waals surface area contributed by atoms with Gasteiger partial charge in [-0.25, -0.2) is 4.98 Å². The number of thiazole rings is 1. The second-order valence-electron chi connectivity index (χ2n) is 6.04. The van der Waals surface area contributed by atoms with Crippen LogP contribution in [-0.4, -0.2) is 57.2 Å². The number of hydrogen-bond acceptors (Lipinski definition) is 4. The Balaban J connectivity index is 1.34. The van der Waals surface area contributed by atoms with Gasteiger partial charge < -0.3 is 9.80 Å². The van der Waals surface area contributed by atoms with E-state index in [1.807, 2.05) is 62.3 Å². The Morgan fingerprint density at radius 2 is 1.76 bits per heavy atom. The Morgan fingerprint density at radius 3 is 2.48 bits per heavy atom. The molecule has 0 saturated carbocycles. The predicted molar refractivity (Wildman–Crippen MR) is 95.7 cm³/mol. The summed E-state index contributed by atoms with van der Waals surface area (Å²) in [5.41, 5.74) is 1.49. The molecule has 0 bridgehead atoms. The highest BCUT2D eigenvalue weighted by atomic mass is 32.1. The van der Waals surface area contributed by atoms with Crippen LogP contribution in [0.15, 0.2) is 48.1 Å². The number of amides is 2. The molecule has 1 aromatic carbocycles. The zero-order valence-electron chi connectivity index (χ0n) is 13.7. The van der Waals surface area contributed by atoms with E-state index in [0.717, 1.165) is 10.7 Å². The van der Waals surface area contributed by atoms with E-state index >= 15 is 0 Å². The molecular weight excluding hydrogens is 336 g/mol. The number of carbonyl (C=O) groups excluding carboxylic acids is 2. The maximum Gasteiger partial charge on any atom is 0.253 e. The number of piperazine rings is 1. The first-order valence-electron chi connectivity index (χ1n) is 8.24. The highest BCUT2D eigenvalue weighted by molar-refractivity contribution is 7.15. The van der Waals surface area contributed by atoms with Crippen molar-refractivity contribution in [2.75, 3.05) is 26.2 Å². The van der Waals surface area contributed by atoms with Gasteiger partial charge in [-0.05, 0) is 12.1 Å². The summed E-state index contributed by atoms with van der Waals surface area (Å²) < 4.78 is 1.93. The summed E-state index contributed by atoms with van der Waals surface area (Å²) in [5.74, 6) is 0.0969. The van der Waals surface area contributed by atoms with E-state index in [9.17, 15) is 9.59 Å². The van der Waals surface area contributed by atoms with Crippen molar-refractivity contribution in [2.24, 2.45) is 0 Å². The molecular formula is C18H18N4O2S. The van der Waals surface area contributed by atoms with Gasteiger partial charge in [0.2, 0.25) is 5.91 Å². The topological polar surface area (TPSA) is 57.9 Å². The third-order valence-corrected chi connectivity index (χ3v) is 5.19. The van der Waals surface area contributed by atoms with Crippen molar-refractivity contribution in [3.05, 3.63) is 59.4 Å². The smallest absolute Gasteiger partial charge is 0.253 e. The van der Waals surface area contributed by atoms with Crippen LogP contribution in [0.5, 0.6) is 0 Å². The van der Waals surface area contributed by atoms with Crippen LogP contribution >= 0.6 is 11.3 Å². The van der Waals surface area contributed by atoms with Crippen LogP contribution in [0.1, 0.15) is 16.1 Å².